The van der Waals surface area contributed by atoms with Gasteiger partial charge in [0, 0.05) is 30.0 Å². The number of rotatable bonds is 7. The molecule has 3 heterocycles. The molecule has 0 fully saturated rings. The van der Waals surface area contributed by atoms with Crippen LogP contribution in [-0.4, -0.2) is 27.0 Å². The van der Waals surface area contributed by atoms with Gasteiger partial charge >= 0.3 is 0 Å². The van der Waals surface area contributed by atoms with Gasteiger partial charge in [0.25, 0.3) is 5.56 Å². The Morgan fingerprint density at radius 2 is 1.97 bits per heavy atom. The zero-order valence-electron chi connectivity index (χ0n) is 15.4. The molecule has 0 aliphatic heterocycles. The molecule has 3 aromatic heterocycles. The van der Waals surface area contributed by atoms with Crippen molar-refractivity contribution in [1.82, 2.24) is 19.9 Å². The molecule has 0 saturated heterocycles. The van der Waals surface area contributed by atoms with Gasteiger partial charge in [-0.2, -0.15) is 0 Å². The van der Waals surface area contributed by atoms with Crippen LogP contribution in [0.5, 0.6) is 0 Å². The molecular weight excluding hydrogens is 404 g/mol. The van der Waals surface area contributed by atoms with E-state index in [0.717, 1.165) is 21.1 Å². The Hall–Kier alpha value is -3.10. The number of thiazole rings is 1. The van der Waals surface area contributed by atoms with Crippen LogP contribution in [0.3, 0.4) is 0 Å². The Morgan fingerprint density at radius 1 is 1.10 bits per heavy atom. The highest BCUT2D eigenvalue weighted by atomic mass is 32.1. The van der Waals surface area contributed by atoms with E-state index in [-0.39, 0.29) is 18.0 Å². The molecule has 4 rings (SSSR count). The maximum Gasteiger partial charge on any atom is 0.254 e. The van der Waals surface area contributed by atoms with E-state index in [2.05, 4.69) is 15.3 Å². The molecule has 1 aromatic carbocycles. The second-order valence-corrected chi connectivity index (χ2v) is 8.13. The minimum Gasteiger partial charge on any atom is -0.354 e. The van der Waals surface area contributed by atoms with E-state index in [1.54, 1.807) is 11.3 Å². The maximum absolute atomic E-state index is 12.2. The van der Waals surface area contributed by atoms with Crippen LogP contribution in [0.15, 0.2) is 70.4 Å². The lowest BCUT2D eigenvalue weighted by atomic mass is 10.2. The molecule has 0 saturated carbocycles. The summed E-state index contributed by atoms with van der Waals surface area (Å²) < 4.78 is 1.31. The van der Waals surface area contributed by atoms with E-state index < -0.39 is 0 Å². The van der Waals surface area contributed by atoms with Gasteiger partial charge in [0.05, 0.1) is 22.6 Å². The summed E-state index contributed by atoms with van der Waals surface area (Å²) in [5, 5.41) is 7.74. The zero-order chi connectivity index (χ0) is 20.1. The Labute approximate surface area is 175 Å². The van der Waals surface area contributed by atoms with Crippen LogP contribution in [0.1, 0.15) is 5.69 Å². The lowest BCUT2D eigenvalue weighted by Crippen LogP contribution is -2.33. The normalized spacial score (nSPS) is 10.8. The molecule has 0 aliphatic carbocycles. The summed E-state index contributed by atoms with van der Waals surface area (Å²) in [5.41, 5.74) is 2.41. The summed E-state index contributed by atoms with van der Waals surface area (Å²) in [4.78, 5) is 34.2. The standard InChI is InChI=1S/C21H18N4O2S2/c26-19(12-25-14-23-17(11-20(25)27)18-7-4-10-28-18)22-9-8-16-13-29-21(24-16)15-5-2-1-3-6-15/h1-7,10-11,13-14H,8-9,12H2,(H,22,26). The molecule has 0 atom stereocenters. The Bertz CT molecular complexity index is 1150. The third-order valence-corrected chi connectivity index (χ3v) is 6.08. The molecule has 1 N–H and O–H groups in total. The SMILES string of the molecule is O=C(Cn1cnc(-c2cccs2)cc1=O)NCCc1csc(-c2ccccc2)n1. The second-order valence-electron chi connectivity index (χ2n) is 6.33. The molecule has 0 bridgehead atoms. The van der Waals surface area contributed by atoms with Crippen LogP contribution in [0.25, 0.3) is 21.1 Å². The first-order valence-electron chi connectivity index (χ1n) is 9.06. The number of nitrogens with zero attached hydrogens (tertiary/aromatic N) is 3. The Kier molecular flexibility index (Phi) is 5.92. The minimum absolute atomic E-state index is 0.0527. The third kappa shape index (κ3) is 4.85. The fourth-order valence-corrected chi connectivity index (χ4v) is 4.33. The van der Waals surface area contributed by atoms with Gasteiger partial charge in [-0.1, -0.05) is 36.4 Å². The van der Waals surface area contributed by atoms with Crippen LogP contribution >= 0.6 is 22.7 Å². The summed E-state index contributed by atoms with van der Waals surface area (Å²) in [5.74, 6) is -0.226. The van der Waals surface area contributed by atoms with Gasteiger partial charge in [-0.25, -0.2) is 9.97 Å². The molecule has 146 valence electrons. The smallest absolute Gasteiger partial charge is 0.254 e. The van der Waals surface area contributed by atoms with Crippen LogP contribution < -0.4 is 10.9 Å². The topological polar surface area (TPSA) is 76.9 Å². The largest absolute Gasteiger partial charge is 0.354 e. The zero-order valence-corrected chi connectivity index (χ0v) is 17.1. The molecule has 6 nitrogen and oxygen atoms in total. The molecule has 0 unspecified atom stereocenters. The summed E-state index contributed by atoms with van der Waals surface area (Å²) >= 11 is 3.11. The number of hydrogen-bond donors (Lipinski definition) is 1. The van der Waals surface area contributed by atoms with Gasteiger partial charge < -0.3 is 5.32 Å². The van der Waals surface area contributed by atoms with Crippen LogP contribution in [-0.2, 0) is 17.8 Å². The number of amides is 1. The van der Waals surface area contributed by atoms with Crippen molar-refractivity contribution in [3.8, 4) is 21.1 Å². The van der Waals surface area contributed by atoms with Crippen LogP contribution in [0, 0.1) is 0 Å². The van der Waals surface area contributed by atoms with Gasteiger partial charge in [-0.05, 0) is 11.4 Å². The molecule has 4 aromatic rings. The molecule has 8 heteroatoms. The Balaban J connectivity index is 1.29. The lowest BCUT2D eigenvalue weighted by Gasteiger charge is -2.07. The number of carbonyl (C=O) groups is 1. The molecule has 29 heavy (non-hydrogen) atoms. The molecule has 0 spiro atoms. The Morgan fingerprint density at radius 3 is 2.72 bits per heavy atom. The number of aromatic nitrogens is 3. The predicted octanol–water partition coefficient (Wildman–Crippen LogP) is 3.45. The quantitative estimate of drug-likeness (QED) is 0.495. The van der Waals surface area contributed by atoms with Crippen molar-refractivity contribution in [3.05, 3.63) is 81.7 Å². The van der Waals surface area contributed by atoms with Gasteiger partial charge in [0.2, 0.25) is 5.91 Å². The van der Waals surface area contributed by atoms with Crippen molar-refractivity contribution in [1.29, 1.82) is 0 Å². The van der Waals surface area contributed by atoms with Gasteiger partial charge in [-0.3, -0.25) is 14.2 Å². The van der Waals surface area contributed by atoms with E-state index >= 15 is 0 Å². The first-order valence-corrected chi connectivity index (χ1v) is 10.8. The average molecular weight is 423 g/mol. The van der Waals surface area contributed by atoms with E-state index in [1.165, 1.54) is 28.3 Å². The maximum atomic E-state index is 12.2. The summed E-state index contributed by atoms with van der Waals surface area (Å²) in [6.45, 7) is 0.412. The number of carbonyl (C=O) groups excluding carboxylic acids is 1. The fourth-order valence-electron chi connectivity index (χ4n) is 2.78. The van der Waals surface area contributed by atoms with Crippen molar-refractivity contribution >= 4 is 28.6 Å². The predicted molar refractivity (Wildman–Crippen MR) is 116 cm³/mol. The average Bonchev–Trinajstić information content (AvgIpc) is 3.42. The van der Waals surface area contributed by atoms with Crippen molar-refractivity contribution in [2.45, 2.75) is 13.0 Å². The number of hydrogen-bond acceptors (Lipinski definition) is 6. The van der Waals surface area contributed by atoms with Gasteiger partial charge in [0.1, 0.15) is 11.6 Å². The van der Waals surface area contributed by atoms with Crippen molar-refractivity contribution in [2.75, 3.05) is 6.54 Å². The van der Waals surface area contributed by atoms with Crippen molar-refractivity contribution < 1.29 is 4.79 Å². The third-order valence-electron chi connectivity index (χ3n) is 4.24. The summed E-state index contributed by atoms with van der Waals surface area (Å²) in [7, 11) is 0. The highest BCUT2D eigenvalue weighted by Crippen LogP contribution is 2.23. The van der Waals surface area contributed by atoms with Gasteiger partial charge in [-0.15, -0.1) is 22.7 Å². The molecular formula is C21H18N4O2S2. The monoisotopic (exact) mass is 422 g/mol. The van der Waals surface area contributed by atoms with Gasteiger partial charge in [0.15, 0.2) is 0 Å². The first-order chi connectivity index (χ1) is 14.2. The highest BCUT2D eigenvalue weighted by molar-refractivity contribution is 7.13. The minimum atomic E-state index is -0.245. The van der Waals surface area contributed by atoms with Crippen LogP contribution in [0.4, 0.5) is 0 Å². The molecule has 1 amide bonds. The van der Waals surface area contributed by atoms with E-state index in [0.29, 0.717) is 18.7 Å². The lowest BCUT2D eigenvalue weighted by molar-refractivity contribution is -0.121. The van der Waals surface area contributed by atoms with E-state index in [9.17, 15) is 9.59 Å². The van der Waals surface area contributed by atoms with Crippen LogP contribution in [0.2, 0.25) is 0 Å². The van der Waals surface area contributed by atoms with Crippen molar-refractivity contribution in [3.63, 3.8) is 0 Å². The molecule has 0 radical (unpaired) electrons. The number of thiophene rings is 1. The first kappa shape index (κ1) is 19.2. The van der Waals surface area contributed by atoms with Crippen molar-refractivity contribution in [2.24, 2.45) is 0 Å². The van der Waals surface area contributed by atoms with E-state index in [1.807, 2.05) is 53.2 Å². The van der Waals surface area contributed by atoms with E-state index in [4.69, 9.17) is 0 Å². The number of nitrogens with one attached hydrogen (secondary N) is 1. The molecule has 0 aliphatic rings. The summed E-state index contributed by atoms with van der Waals surface area (Å²) in [6, 6.07) is 15.3. The summed E-state index contributed by atoms with van der Waals surface area (Å²) in [6.07, 6.45) is 2.06. The number of benzene rings is 1. The second kappa shape index (κ2) is 8.93. The highest BCUT2D eigenvalue weighted by Gasteiger charge is 2.09. The fraction of sp³-hybridized carbons (Fsp3) is 0.143.